The van der Waals surface area contributed by atoms with E-state index in [1.54, 1.807) is 31.4 Å². The molecule has 0 saturated heterocycles. The molecule has 0 aliphatic carbocycles. The fraction of sp³-hybridized carbons (Fsp3) is 0.182. The summed E-state index contributed by atoms with van der Waals surface area (Å²) in [5.41, 5.74) is 1.88. The van der Waals surface area contributed by atoms with Gasteiger partial charge in [-0.1, -0.05) is 24.3 Å². The van der Waals surface area contributed by atoms with Crippen LogP contribution in [0.2, 0.25) is 0 Å². The summed E-state index contributed by atoms with van der Waals surface area (Å²) in [6.07, 6.45) is 0.662. The number of ether oxygens (including phenoxy) is 2. The molecule has 29 heavy (non-hydrogen) atoms. The largest absolute Gasteiger partial charge is 0.497 e. The smallest absolute Gasteiger partial charge is 0.348 e. The fourth-order valence-electron chi connectivity index (χ4n) is 2.61. The van der Waals surface area contributed by atoms with Gasteiger partial charge in [-0.3, -0.25) is 4.79 Å². The highest BCUT2D eigenvalue weighted by Gasteiger charge is 2.13. The van der Waals surface area contributed by atoms with Gasteiger partial charge in [-0.15, -0.1) is 11.3 Å². The van der Waals surface area contributed by atoms with Gasteiger partial charge in [-0.25, -0.2) is 9.18 Å². The van der Waals surface area contributed by atoms with Crippen molar-refractivity contribution in [3.8, 4) is 16.2 Å². The zero-order valence-electron chi connectivity index (χ0n) is 15.8. The number of thiophene rings is 1. The third-order valence-corrected chi connectivity index (χ3v) is 5.28. The number of carbonyl (C=O) groups is 2. The maximum absolute atomic E-state index is 13.0. The van der Waals surface area contributed by atoms with E-state index < -0.39 is 5.97 Å². The Hall–Kier alpha value is -3.19. The van der Waals surface area contributed by atoms with E-state index in [0.717, 1.165) is 21.8 Å². The summed E-state index contributed by atoms with van der Waals surface area (Å²) in [6.45, 7) is 0.0989. The van der Waals surface area contributed by atoms with Gasteiger partial charge in [0.1, 0.15) is 16.4 Å². The summed E-state index contributed by atoms with van der Waals surface area (Å²) in [4.78, 5) is 25.2. The van der Waals surface area contributed by atoms with E-state index in [1.165, 1.54) is 23.5 Å². The maximum atomic E-state index is 13.0. The van der Waals surface area contributed by atoms with Crippen LogP contribution in [0.5, 0.6) is 5.75 Å². The predicted molar refractivity (Wildman–Crippen MR) is 110 cm³/mol. The SMILES string of the molecule is COc1ccc(CCNC(=O)COC(=O)c2ccc(-c3ccc(F)cc3)s2)cc1. The maximum Gasteiger partial charge on any atom is 0.348 e. The molecule has 3 aromatic rings. The molecule has 1 aromatic heterocycles. The highest BCUT2D eigenvalue weighted by Crippen LogP contribution is 2.28. The van der Waals surface area contributed by atoms with Gasteiger partial charge in [0.25, 0.3) is 5.91 Å². The number of methoxy groups -OCH3 is 1. The highest BCUT2D eigenvalue weighted by atomic mass is 32.1. The molecule has 0 unspecified atom stereocenters. The van der Waals surface area contributed by atoms with Crippen LogP contribution < -0.4 is 10.1 Å². The first-order valence-electron chi connectivity index (χ1n) is 8.97. The minimum absolute atomic E-state index is 0.317. The monoisotopic (exact) mass is 413 g/mol. The third-order valence-electron chi connectivity index (χ3n) is 4.17. The Labute approximate surface area is 172 Å². The highest BCUT2D eigenvalue weighted by molar-refractivity contribution is 7.17. The molecule has 1 amide bonds. The molecule has 0 fully saturated rings. The minimum atomic E-state index is -0.561. The number of rotatable bonds is 8. The van der Waals surface area contributed by atoms with Crippen LogP contribution in [0.25, 0.3) is 10.4 Å². The lowest BCUT2D eigenvalue weighted by atomic mass is 10.1. The predicted octanol–water partition coefficient (Wildman–Crippen LogP) is 4.08. The van der Waals surface area contributed by atoms with Crippen molar-refractivity contribution in [1.82, 2.24) is 5.32 Å². The van der Waals surface area contributed by atoms with Crippen molar-refractivity contribution in [2.45, 2.75) is 6.42 Å². The summed E-state index contributed by atoms with van der Waals surface area (Å²) in [6, 6.07) is 17.0. The van der Waals surface area contributed by atoms with Crippen LogP contribution in [-0.2, 0) is 16.0 Å². The lowest BCUT2D eigenvalue weighted by molar-refractivity contribution is -0.124. The molecule has 0 aliphatic rings. The number of benzene rings is 2. The third kappa shape index (κ3) is 5.89. The standard InChI is InChI=1S/C22H20FNO4S/c1-27-18-8-2-15(3-9-18)12-13-24-21(25)14-28-22(26)20-11-10-19(29-20)16-4-6-17(23)7-5-16/h2-11H,12-14H2,1H3,(H,24,25). The summed E-state index contributed by atoms with van der Waals surface area (Å²) in [5, 5.41) is 2.72. The molecule has 0 radical (unpaired) electrons. The number of hydrogen-bond acceptors (Lipinski definition) is 5. The van der Waals surface area contributed by atoms with E-state index in [2.05, 4.69) is 5.32 Å². The normalized spacial score (nSPS) is 10.4. The second kappa shape index (κ2) is 9.84. The molecule has 0 spiro atoms. The lowest BCUT2D eigenvalue weighted by Gasteiger charge is -2.07. The van der Waals surface area contributed by atoms with Crippen LogP contribution >= 0.6 is 11.3 Å². The molecule has 1 heterocycles. The number of carbonyl (C=O) groups excluding carboxylic acids is 2. The quantitative estimate of drug-likeness (QED) is 0.565. The molecular formula is C22H20FNO4S. The molecule has 1 N–H and O–H groups in total. The summed E-state index contributed by atoms with van der Waals surface area (Å²) in [5.74, 6) is -0.459. The van der Waals surface area contributed by atoms with Crippen molar-refractivity contribution < 1.29 is 23.5 Å². The van der Waals surface area contributed by atoms with Gasteiger partial charge >= 0.3 is 5.97 Å². The molecule has 0 bridgehead atoms. The van der Waals surface area contributed by atoms with Crippen molar-refractivity contribution in [2.75, 3.05) is 20.3 Å². The lowest BCUT2D eigenvalue weighted by Crippen LogP contribution is -2.30. The average molecular weight is 413 g/mol. The van der Waals surface area contributed by atoms with Crippen molar-refractivity contribution in [3.05, 3.63) is 76.9 Å². The molecule has 7 heteroatoms. The van der Waals surface area contributed by atoms with Crippen LogP contribution in [0.3, 0.4) is 0 Å². The van der Waals surface area contributed by atoms with E-state index in [0.29, 0.717) is 17.8 Å². The van der Waals surface area contributed by atoms with E-state index >= 15 is 0 Å². The average Bonchev–Trinajstić information content (AvgIpc) is 3.23. The summed E-state index contributed by atoms with van der Waals surface area (Å²) >= 11 is 1.23. The van der Waals surface area contributed by atoms with Crippen LogP contribution in [0, 0.1) is 5.82 Å². The van der Waals surface area contributed by atoms with Gasteiger partial charge in [-0.05, 0) is 53.9 Å². The first-order chi connectivity index (χ1) is 14.0. The van der Waals surface area contributed by atoms with E-state index in [9.17, 15) is 14.0 Å². The minimum Gasteiger partial charge on any atom is -0.497 e. The van der Waals surface area contributed by atoms with Crippen molar-refractivity contribution in [2.24, 2.45) is 0 Å². The van der Waals surface area contributed by atoms with Gasteiger partial charge < -0.3 is 14.8 Å². The zero-order chi connectivity index (χ0) is 20.6. The molecule has 0 atom stereocenters. The second-order valence-corrected chi connectivity index (χ2v) is 7.28. The van der Waals surface area contributed by atoms with E-state index in [4.69, 9.17) is 9.47 Å². The number of amides is 1. The molecule has 2 aromatic carbocycles. The van der Waals surface area contributed by atoms with E-state index in [1.807, 2.05) is 24.3 Å². The van der Waals surface area contributed by atoms with Gasteiger partial charge in [0, 0.05) is 11.4 Å². The summed E-state index contributed by atoms with van der Waals surface area (Å²) in [7, 11) is 1.61. The molecular weight excluding hydrogens is 393 g/mol. The first kappa shape index (κ1) is 20.5. The van der Waals surface area contributed by atoms with E-state index in [-0.39, 0.29) is 18.3 Å². The van der Waals surface area contributed by atoms with Crippen LogP contribution in [0.1, 0.15) is 15.2 Å². The molecule has 3 rings (SSSR count). The van der Waals surface area contributed by atoms with Gasteiger partial charge in [0.2, 0.25) is 0 Å². The van der Waals surface area contributed by atoms with Crippen LogP contribution in [0.4, 0.5) is 4.39 Å². The summed E-state index contributed by atoms with van der Waals surface area (Å²) < 4.78 is 23.2. The molecule has 150 valence electrons. The number of nitrogens with one attached hydrogen (secondary N) is 1. The number of esters is 1. The Kier molecular flexibility index (Phi) is 6.97. The van der Waals surface area contributed by atoms with Crippen LogP contribution in [0.15, 0.2) is 60.7 Å². The molecule has 0 saturated carbocycles. The van der Waals surface area contributed by atoms with Crippen molar-refractivity contribution in [1.29, 1.82) is 0 Å². The van der Waals surface area contributed by atoms with Gasteiger partial charge in [0.15, 0.2) is 6.61 Å². The van der Waals surface area contributed by atoms with Crippen LogP contribution in [-0.4, -0.2) is 32.1 Å². The Morgan fingerprint density at radius 1 is 1.00 bits per heavy atom. The number of halogens is 1. The Balaban J connectivity index is 1.42. The van der Waals surface area contributed by atoms with Crippen molar-refractivity contribution >= 4 is 23.2 Å². The Morgan fingerprint density at radius 3 is 2.41 bits per heavy atom. The topological polar surface area (TPSA) is 64.6 Å². The zero-order valence-corrected chi connectivity index (χ0v) is 16.6. The number of hydrogen-bond donors (Lipinski definition) is 1. The Bertz CT molecular complexity index is 967. The van der Waals surface area contributed by atoms with Gasteiger partial charge in [-0.2, -0.15) is 0 Å². The van der Waals surface area contributed by atoms with Gasteiger partial charge in [0.05, 0.1) is 7.11 Å². The Morgan fingerprint density at radius 2 is 1.72 bits per heavy atom. The second-order valence-electron chi connectivity index (χ2n) is 6.19. The molecule has 0 aliphatic heterocycles. The molecule has 5 nitrogen and oxygen atoms in total. The van der Waals surface area contributed by atoms with Crippen molar-refractivity contribution in [3.63, 3.8) is 0 Å². The first-order valence-corrected chi connectivity index (χ1v) is 9.79. The fourth-order valence-corrected chi connectivity index (χ4v) is 3.51.